The van der Waals surface area contributed by atoms with E-state index < -0.39 is 0 Å². The molecule has 1 aliphatic heterocycles. The monoisotopic (exact) mass is 366 g/mol. The summed E-state index contributed by atoms with van der Waals surface area (Å²) in [5, 5.41) is 1.85. The SMILES string of the molecule is Cc1cc(C)cc(-n2c(S)c(C3=c4ccccc4=NC3=O)sc2=O)c1. The lowest BCUT2D eigenvalue weighted by atomic mass is 10.1. The predicted octanol–water partition coefficient (Wildman–Crippen LogP) is 2.16. The summed E-state index contributed by atoms with van der Waals surface area (Å²) in [5.74, 6) is -0.328. The molecule has 2 heterocycles. The molecule has 1 amide bonds. The number of hydrogen-bond acceptors (Lipinski definition) is 4. The third-order valence-corrected chi connectivity index (χ3v) is 5.62. The fraction of sp³-hybridized carbons (Fsp3) is 0.105. The summed E-state index contributed by atoms with van der Waals surface area (Å²) in [4.78, 5) is 29.5. The van der Waals surface area contributed by atoms with Crippen molar-refractivity contribution in [2.24, 2.45) is 4.99 Å². The smallest absolute Gasteiger partial charge is 0.267 e. The number of thiol groups is 1. The van der Waals surface area contributed by atoms with Gasteiger partial charge in [-0.25, -0.2) is 4.99 Å². The fourth-order valence-corrected chi connectivity index (χ4v) is 4.59. The number of carbonyl (C=O) groups excluding carboxylic acids is 1. The second-order valence-electron chi connectivity index (χ2n) is 6.01. The molecule has 0 fully saturated rings. The molecule has 124 valence electrons. The van der Waals surface area contributed by atoms with Gasteiger partial charge < -0.3 is 0 Å². The summed E-state index contributed by atoms with van der Waals surface area (Å²) >= 11 is 5.60. The molecule has 4 rings (SSSR count). The third-order valence-electron chi connectivity index (χ3n) is 4.09. The molecular formula is C19H14N2O2S2. The average molecular weight is 366 g/mol. The summed E-state index contributed by atoms with van der Waals surface area (Å²) in [7, 11) is 0. The average Bonchev–Trinajstić information content (AvgIpc) is 3.01. The van der Waals surface area contributed by atoms with Crippen molar-refractivity contribution in [3.63, 3.8) is 0 Å². The van der Waals surface area contributed by atoms with Crippen molar-refractivity contribution in [2.75, 3.05) is 0 Å². The highest BCUT2D eigenvalue weighted by Gasteiger charge is 2.25. The van der Waals surface area contributed by atoms with E-state index in [0.29, 0.717) is 20.8 Å². The molecule has 0 aliphatic carbocycles. The molecule has 3 aromatic rings. The van der Waals surface area contributed by atoms with Crippen molar-refractivity contribution in [2.45, 2.75) is 18.9 Å². The van der Waals surface area contributed by atoms with E-state index in [-0.39, 0.29) is 10.8 Å². The van der Waals surface area contributed by atoms with Crippen molar-refractivity contribution in [1.29, 1.82) is 0 Å². The standard InChI is InChI=1S/C19H14N2O2S2/c1-10-7-11(2)9-12(8-10)21-18(24)16(25-19(21)23)15-13-5-3-4-6-14(13)20-17(15)22/h3-9,24H,1-2H3. The van der Waals surface area contributed by atoms with E-state index in [9.17, 15) is 9.59 Å². The first kappa shape index (κ1) is 16.1. The largest absolute Gasteiger partial charge is 0.313 e. The van der Waals surface area contributed by atoms with Crippen LogP contribution < -0.4 is 15.4 Å². The molecule has 1 aromatic heterocycles. The first-order chi connectivity index (χ1) is 12.0. The van der Waals surface area contributed by atoms with Crippen LogP contribution in [-0.4, -0.2) is 10.5 Å². The van der Waals surface area contributed by atoms with Gasteiger partial charge in [-0.2, -0.15) is 0 Å². The number of thiazole rings is 1. The minimum absolute atomic E-state index is 0.172. The highest BCUT2D eigenvalue weighted by atomic mass is 32.1. The minimum atomic E-state index is -0.328. The molecule has 0 saturated carbocycles. The second-order valence-corrected chi connectivity index (χ2v) is 7.40. The maximum Gasteiger partial charge on any atom is 0.313 e. The number of amides is 1. The molecule has 4 nitrogen and oxygen atoms in total. The predicted molar refractivity (Wildman–Crippen MR) is 101 cm³/mol. The maximum atomic E-state index is 12.6. The Labute approximate surface area is 153 Å². The van der Waals surface area contributed by atoms with Gasteiger partial charge in [0, 0.05) is 5.22 Å². The van der Waals surface area contributed by atoms with Gasteiger partial charge in [-0.15, -0.1) is 12.6 Å². The highest BCUT2D eigenvalue weighted by molar-refractivity contribution is 7.80. The molecular weight excluding hydrogens is 352 g/mol. The lowest BCUT2D eigenvalue weighted by Crippen LogP contribution is -2.22. The van der Waals surface area contributed by atoms with Crippen molar-refractivity contribution < 1.29 is 4.79 Å². The zero-order chi connectivity index (χ0) is 17.7. The Morgan fingerprint density at radius 3 is 2.44 bits per heavy atom. The van der Waals surface area contributed by atoms with Gasteiger partial charge in [0.15, 0.2) is 0 Å². The lowest BCUT2D eigenvalue weighted by molar-refractivity contribution is -0.112. The van der Waals surface area contributed by atoms with E-state index in [1.807, 2.05) is 50.2 Å². The molecule has 0 saturated heterocycles. The summed E-state index contributed by atoms with van der Waals surface area (Å²) in [6.45, 7) is 3.97. The van der Waals surface area contributed by atoms with Crippen LogP contribution in [0.2, 0.25) is 0 Å². The van der Waals surface area contributed by atoms with Crippen molar-refractivity contribution in [1.82, 2.24) is 4.57 Å². The number of fused-ring (bicyclic) bond motifs is 1. The zero-order valence-electron chi connectivity index (χ0n) is 13.6. The van der Waals surface area contributed by atoms with E-state index in [1.54, 1.807) is 10.6 Å². The Morgan fingerprint density at radius 2 is 1.72 bits per heavy atom. The van der Waals surface area contributed by atoms with Crippen LogP contribution in [0.25, 0.3) is 11.3 Å². The van der Waals surface area contributed by atoms with Crippen molar-refractivity contribution >= 4 is 35.4 Å². The summed E-state index contributed by atoms with van der Waals surface area (Å²) in [5.41, 5.74) is 3.33. The molecule has 0 radical (unpaired) electrons. The lowest BCUT2D eigenvalue weighted by Gasteiger charge is -2.08. The Kier molecular flexibility index (Phi) is 3.74. The van der Waals surface area contributed by atoms with Crippen LogP contribution in [-0.2, 0) is 4.79 Å². The summed E-state index contributed by atoms with van der Waals surface area (Å²) < 4.78 is 1.55. The van der Waals surface area contributed by atoms with Gasteiger partial charge in [-0.3, -0.25) is 14.2 Å². The number of nitrogens with zero attached hydrogens (tertiary/aromatic N) is 2. The third kappa shape index (κ3) is 2.58. The second kappa shape index (κ2) is 5.82. The quantitative estimate of drug-likeness (QED) is 0.707. The molecule has 1 aliphatic rings. The highest BCUT2D eigenvalue weighted by Crippen LogP contribution is 2.28. The van der Waals surface area contributed by atoms with Crippen LogP contribution in [0.4, 0.5) is 0 Å². The van der Waals surface area contributed by atoms with Crippen LogP contribution in [0.1, 0.15) is 16.0 Å². The fourth-order valence-electron chi connectivity index (χ4n) is 3.12. The molecule has 0 N–H and O–H groups in total. The Balaban J connectivity index is 2.01. The number of rotatable bonds is 2. The van der Waals surface area contributed by atoms with Crippen LogP contribution in [0, 0.1) is 13.8 Å². The van der Waals surface area contributed by atoms with E-state index >= 15 is 0 Å². The molecule has 0 bridgehead atoms. The Bertz CT molecular complexity index is 1200. The first-order valence-corrected chi connectivity index (χ1v) is 8.98. The van der Waals surface area contributed by atoms with Gasteiger partial charge in [0.2, 0.25) is 0 Å². The number of aryl methyl sites for hydroxylation is 2. The first-order valence-electron chi connectivity index (χ1n) is 7.72. The number of aromatic nitrogens is 1. The topological polar surface area (TPSA) is 51.4 Å². The molecule has 2 aromatic carbocycles. The Hall–Kier alpha value is -2.44. The van der Waals surface area contributed by atoms with Gasteiger partial charge in [-0.05, 0) is 43.2 Å². The molecule has 0 unspecified atom stereocenters. The van der Waals surface area contributed by atoms with Gasteiger partial charge >= 0.3 is 4.87 Å². The summed E-state index contributed by atoms with van der Waals surface area (Å²) in [6, 6.07) is 13.2. The van der Waals surface area contributed by atoms with Gasteiger partial charge in [-0.1, -0.05) is 35.6 Å². The van der Waals surface area contributed by atoms with Crippen LogP contribution in [0.5, 0.6) is 0 Å². The number of hydrogen-bond donors (Lipinski definition) is 1. The Morgan fingerprint density at radius 1 is 1.04 bits per heavy atom. The van der Waals surface area contributed by atoms with Gasteiger partial charge in [0.1, 0.15) is 0 Å². The molecule has 6 heteroatoms. The van der Waals surface area contributed by atoms with Crippen molar-refractivity contribution in [3.05, 3.63) is 78.7 Å². The van der Waals surface area contributed by atoms with Crippen LogP contribution in [0.15, 0.2) is 57.3 Å². The van der Waals surface area contributed by atoms with E-state index in [4.69, 9.17) is 0 Å². The number of para-hydroxylation sites is 1. The van der Waals surface area contributed by atoms with Gasteiger partial charge in [0.25, 0.3) is 5.91 Å². The van der Waals surface area contributed by atoms with E-state index in [1.165, 1.54) is 0 Å². The normalized spacial score (nSPS) is 13.1. The van der Waals surface area contributed by atoms with Crippen LogP contribution >= 0.6 is 24.0 Å². The van der Waals surface area contributed by atoms with Gasteiger partial charge in [0.05, 0.1) is 26.5 Å². The minimum Gasteiger partial charge on any atom is -0.267 e. The van der Waals surface area contributed by atoms with Crippen molar-refractivity contribution in [3.8, 4) is 5.69 Å². The summed E-state index contributed by atoms with van der Waals surface area (Å²) in [6.07, 6.45) is 0. The van der Waals surface area contributed by atoms with Crippen LogP contribution in [0.3, 0.4) is 0 Å². The zero-order valence-corrected chi connectivity index (χ0v) is 15.3. The van der Waals surface area contributed by atoms with E-state index in [0.717, 1.165) is 33.4 Å². The molecule has 25 heavy (non-hydrogen) atoms. The maximum absolute atomic E-state index is 12.6. The molecule has 0 spiro atoms. The number of benzene rings is 2. The molecule has 0 atom stereocenters. The number of carbonyl (C=O) groups is 1. The van der Waals surface area contributed by atoms with E-state index in [2.05, 4.69) is 17.6 Å².